The summed E-state index contributed by atoms with van der Waals surface area (Å²) in [5.41, 5.74) is 0.919. The number of halogens is 3. The molecule has 25 heavy (non-hydrogen) atoms. The lowest BCUT2D eigenvalue weighted by Crippen LogP contribution is -2.12. The first-order valence-corrected chi connectivity index (χ1v) is 9.88. The number of carbonyl (C=O) groups excluding carboxylic acids is 1. The van der Waals surface area contributed by atoms with Crippen LogP contribution >= 0.6 is 46.6 Å². The number of esters is 1. The Hall–Kier alpha value is -0.950. The SMILES string of the molecule is CCn1c(SCC(=O)OCC2CC2(Cl)Cl)nnc1-c1ccc(Cl)cc1. The lowest BCUT2D eigenvalue weighted by Gasteiger charge is -2.08. The molecule has 1 fully saturated rings. The Labute approximate surface area is 165 Å². The summed E-state index contributed by atoms with van der Waals surface area (Å²) < 4.78 is 6.42. The average Bonchev–Trinajstić information content (AvgIpc) is 3.02. The van der Waals surface area contributed by atoms with Crippen LogP contribution in [0, 0.1) is 5.92 Å². The van der Waals surface area contributed by atoms with Gasteiger partial charge in [-0.1, -0.05) is 23.4 Å². The number of aromatic nitrogens is 3. The molecule has 5 nitrogen and oxygen atoms in total. The molecule has 1 heterocycles. The average molecular weight is 421 g/mol. The molecule has 0 saturated heterocycles. The molecule has 1 aromatic carbocycles. The van der Waals surface area contributed by atoms with E-state index in [1.165, 1.54) is 11.8 Å². The van der Waals surface area contributed by atoms with Gasteiger partial charge in [0.05, 0.1) is 12.4 Å². The van der Waals surface area contributed by atoms with Crippen molar-refractivity contribution < 1.29 is 9.53 Å². The van der Waals surface area contributed by atoms with Crippen molar-refractivity contribution in [3.05, 3.63) is 29.3 Å². The summed E-state index contributed by atoms with van der Waals surface area (Å²) in [6.07, 6.45) is 0.658. The molecule has 0 spiro atoms. The van der Waals surface area contributed by atoms with E-state index in [4.69, 9.17) is 39.5 Å². The van der Waals surface area contributed by atoms with Gasteiger partial charge in [0.15, 0.2) is 11.0 Å². The first-order chi connectivity index (χ1) is 11.9. The number of hydrogen-bond donors (Lipinski definition) is 0. The zero-order valence-corrected chi connectivity index (χ0v) is 16.5. The first-order valence-electron chi connectivity index (χ1n) is 7.76. The normalized spacial score (nSPS) is 18.2. The van der Waals surface area contributed by atoms with Crippen LogP contribution in [0.1, 0.15) is 13.3 Å². The van der Waals surface area contributed by atoms with Crippen LogP contribution in [0.25, 0.3) is 11.4 Å². The van der Waals surface area contributed by atoms with E-state index >= 15 is 0 Å². The maximum atomic E-state index is 11.9. The van der Waals surface area contributed by atoms with Gasteiger partial charge in [0, 0.05) is 23.0 Å². The Bertz CT molecular complexity index is 764. The molecule has 0 N–H and O–H groups in total. The Morgan fingerprint density at radius 2 is 2.04 bits per heavy atom. The van der Waals surface area contributed by atoms with Crippen LogP contribution < -0.4 is 0 Å². The van der Waals surface area contributed by atoms with Gasteiger partial charge < -0.3 is 9.30 Å². The molecule has 1 aliphatic rings. The highest BCUT2D eigenvalue weighted by Gasteiger charge is 2.52. The van der Waals surface area contributed by atoms with Crippen LogP contribution in [-0.4, -0.2) is 37.4 Å². The van der Waals surface area contributed by atoms with Gasteiger partial charge in [-0.05, 0) is 37.6 Å². The monoisotopic (exact) mass is 419 g/mol. The quantitative estimate of drug-likeness (QED) is 0.376. The zero-order valence-electron chi connectivity index (χ0n) is 13.4. The molecule has 9 heteroatoms. The van der Waals surface area contributed by atoms with E-state index in [1.54, 1.807) is 12.1 Å². The third-order valence-corrected chi connectivity index (χ3v) is 5.97. The number of benzene rings is 1. The molecule has 134 valence electrons. The third-order valence-electron chi connectivity index (χ3n) is 3.86. The fourth-order valence-electron chi connectivity index (χ4n) is 2.30. The molecule has 1 aliphatic carbocycles. The highest BCUT2D eigenvalue weighted by atomic mass is 35.5. The van der Waals surface area contributed by atoms with Gasteiger partial charge in [-0.25, -0.2) is 0 Å². The first kappa shape index (κ1) is 18.8. The van der Waals surface area contributed by atoms with Crippen molar-refractivity contribution in [2.45, 2.75) is 29.4 Å². The Morgan fingerprint density at radius 1 is 1.36 bits per heavy atom. The molecule has 1 aromatic heterocycles. The van der Waals surface area contributed by atoms with E-state index in [-0.39, 0.29) is 24.2 Å². The van der Waals surface area contributed by atoms with E-state index in [2.05, 4.69) is 10.2 Å². The molecule has 1 saturated carbocycles. The van der Waals surface area contributed by atoms with E-state index in [0.29, 0.717) is 23.1 Å². The molecule has 0 amide bonds. The summed E-state index contributed by atoms with van der Waals surface area (Å²) in [5.74, 6) is 0.602. The van der Waals surface area contributed by atoms with Crippen LogP contribution in [0.3, 0.4) is 0 Å². The van der Waals surface area contributed by atoms with Crippen molar-refractivity contribution in [1.29, 1.82) is 0 Å². The second-order valence-electron chi connectivity index (χ2n) is 5.69. The number of alkyl halides is 2. The largest absolute Gasteiger partial charge is 0.465 e. The Morgan fingerprint density at radius 3 is 2.64 bits per heavy atom. The Balaban J connectivity index is 1.59. The standard InChI is InChI=1S/C16H16Cl3N3O2S/c1-2-22-14(10-3-5-12(17)6-4-10)20-21-15(22)25-9-13(23)24-8-11-7-16(11,18)19/h3-6,11H,2,7-9H2,1H3. The summed E-state index contributed by atoms with van der Waals surface area (Å²) in [5, 5.41) is 9.74. The second-order valence-corrected chi connectivity index (χ2v) is 8.61. The molecular weight excluding hydrogens is 405 g/mol. The van der Waals surface area contributed by atoms with Crippen molar-refractivity contribution in [1.82, 2.24) is 14.8 Å². The summed E-state index contributed by atoms with van der Waals surface area (Å²) in [6, 6.07) is 7.39. The minimum atomic E-state index is -0.733. The van der Waals surface area contributed by atoms with Gasteiger partial charge in [-0.15, -0.1) is 33.4 Å². The van der Waals surface area contributed by atoms with Crippen molar-refractivity contribution >= 4 is 52.5 Å². The van der Waals surface area contributed by atoms with E-state index in [9.17, 15) is 4.79 Å². The highest BCUT2D eigenvalue weighted by molar-refractivity contribution is 7.99. The number of thioether (sulfide) groups is 1. The Kier molecular flexibility index (Phi) is 5.83. The molecule has 1 atom stereocenters. The molecule has 3 rings (SSSR count). The molecule has 0 bridgehead atoms. The summed E-state index contributed by atoms with van der Waals surface area (Å²) >= 11 is 19.0. The number of rotatable bonds is 7. The maximum Gasteiger partial charge on any atom is 0.316 e. The minimum absolute atomic E-state index is 0.0283. The summed E-state index contributed by atoms with van der Waals surface area (Å²) in [7, 11) is 0. The molecule has 0 radical (unpaired) electrons. The molecule has 1 unspecified atom stereocenters. The number of ether oxygens (including phenoxy) is 1. The van der Waals surface area contributed by atoms with Gasteiger partial charge in [-0.2, -0.15) is 0 Å². The zero-order chi connectivity index (χ0) is 18.0. The predicted molar refractivity (Wildman–Crippen MR) is 100 cm³/mol. The number of carbonyl (C=O) groups is 1. The number of hydrogen-bond acceptors (Lipinski definition) is 5. The third kappa shape index (κ3) is 4.61. The van der Waals surface area contributed by atoms with E-state index in [0.717, 1.165) is 11.4 Å². The van der Waals surface area contributed by atoms with Crippen LogP contribution in [-0.2, 0) is 16.1 Å². The predicted octanol–water partition coefficient (Wildman–Crippen LogP) is 4.45. The lowest BCUT2D eigenvalue weighted by atomic mass is 10.2. The molecular formula is C16H16Cl3N3O2S. The van der Waals surface area contributed by atoms with Crippen molar-refractivity contribution in [2.24, 2.45) is 5.92 Å². The van der Waals surface area contributed by atoms with Gasteiger partial charge in [0.2, 0.25) is 0 Å². The maximum absolute atomic E-state index is 11.9. The van der Waals surface area contributed by atoms with Gasteiger partial charge in [0.25, 0.3) is 0 Å². The van der Waals surface area contributed by atoms with Crippen LogP contribution in [0.2, 0.25) is 5.02 Å². The van der Waals surface area contributed by atoms with Crippen LogP contribution in [0.4, 0.5) is 0 Å². The van der Waals surface area contributed by atoms with Gasteiger partial charge in [0.1, 0.15) is 4.33 Å². The fraction of sp³-hybridized carbons (Fsp3) is 0.438. The van der Waals surface area contributed by atoms with Gasteiger partial charge >= 0.3 is 5.97 Å². The fourth-order valence-corrected chi connectivity index (χ4v) is 3.73. The minimum Gasteiger partial charge on any atom is -0.465 e. The molecule has 2 aromatic rings. The smallest absolute Gasteiger partial charge is 0.316 e. The second kappa shape index (κ2) is 7.74. The highest BCUT2D eigenvalue weighted by Crippen LogP contribution is 2.53. The van der Waals surface area contributed by atoms with E-state index < -0.39 is 4.33 Å². The summed E-state index contributed by atoms with van der Waals surface area (Å²) in [4.78, 5) is 11.9. The van der Waals surface area contributed by atoms with Crippen molar-refractivity contribution in [3.8, 4) is 11.4 Å². The lowest BCUT2D eigenvalue weighted by molar-refractivity contribution is -0.140. The van der Waals surface area contributed by atoms with E-state index in [1.807, 2.05) is 23.6 Å². The summed E-state index contributed by atoms with van der Waals surface area (Å²) in [6.45, 7) is 2.94. The topological polar surface area (TPSA) is 57.0 Å². The van der Waals surface area contributed by atoms with Gasteiger partial charge in [-0.3, -0.25) is 4.79 Å². The van der Waals surface area contributed by atoms with Crippen molar-refractivity contribution in [3.63, 3.8) is 0 Å². The van der Waals surface area contributed by atoms with Crippen LogP contribution in [0.15, 0.2) is 29.4 Å². The van der Waals surface area contributed by atoms with Crippen LogP contribution in [0.5, 0.6) is 0 Å². The molecule has 0 aliphatic heterocycles. The van der Waals surface area contributed by atoms with Crippen molar-refractivity contribution in [2.75, 3.05) is 12.4 Å². The number of nitrogens with zero attached hydrogens (tertiary/aromatic N) is 3.